The van der Waals surface area contributed by atoms with Crippen molar-refractivity contribution in [2.24, 2.45) is 5.73 Å². The van der Waals surface area contributed by atoms with Gasteiger partial charge in [0, 0.05) is 30.0 Å². The highest BCUT2D eigenvalue weighted by Gasteiger charge is 2.35. The predicted octanol–water partition coefficient (Wildman–Crippen LogP) is 1.61. The molecule has 4 heteroatoms. The minimum atomic E-state index is 0.336. The zero-order chi connectivity index (χ0) is 11.4. The van der Waals surface area contributed by atoms with Crippen molar-refractivity contribution in [3.05, 3.63) is 0 Å². The van der Waals surface area contributed by atoms with E-state index in [2.05, 4.69) is 16.7 Å². The van der Waals surface area contributed by atoms with E-state index in [1.165, 1.54) is 25.7 Å². The number of fused-ring (bicyclic) bond motifs is 1. The van der Waals surface area contributed by atoms with Crippen LogP contribution in [0.15, 0.2) is 0 Å². The number of nitrogens with two attached hydrogens (primary N) is 1. The van der Waals surface area contributed by atoms with Crippen molar-refractivity contribution in [1.82, 2.24) is 4.90 Å². The van der Waals surface area contributed by atoms with Crippen LogP contribution in [0.3, 0.4) is 0 Å². The standard InChI is InChI=1S/C12H22N2OS/c13-7-3-6-12(15)14-8-9-16-11-5-2-1-4-10(11)14/h10-11H,1-9,13H2. The van der Waals surface area contributed by atoms with Crippen LogP contribution in [0.2, 0.25) is 0 Å². The number of hydrogen-bond acceptors (Lipinski definition) is 3. The second kappa shape index (κ2) is 5.92. The van der Waals surface area contributed by atoms with Gasteiger partial charge in [0.05, 0.1) is 0 Å². The lowest BCUT2D eigenvalue weighted by Crippen LogP contribution is -2.51. The van der Waals surface area contributed by atoms with Gasteiger partial charge in [0.25, 0.3) is 0 Å². The van der Waals surface area contributed by atoms with E-state index < -0.39 is 0 Å². The van der Waals surface area contributed by atoms with E-state index in [1.54, 1.807) is 0 Å². The topological polar surface area (TPSA) is 46.3 Å². The fraction of sp³-hybridized carbons (Fsp3) is 0.917. The number of carbonyl (C=O) groups excluding carboxylic acids is 1. The molecule has 16 heavy (non-hydrogen) atoms. The third-order valence-electron chi connectivity index (χ3n) is 3.65. The van der Waals surface area contributed by atoms with Crippen molar-refractivity contribution in [3.63, 3.8) is 0 Å². The van der Waals surface area contributed by atoms with Crippen LogP contribution >= 0.6 is 11.8 Å². The SMILES string of the molecule is NCCCC(=O)N1CCSC2CCCCC21. The molecule has 2 atom stereocenters. The summed E-state index contributed by atoms with van der Waals surface area (Å²) in [5, 5.41) is 0.712. The molecular formula is C12H22N2OS. The van der Waals surface area contributed by atoms with E-state index >= 15 is 0 Å². The number of carbonyl (C=O) groups is 1. The van der Waals surface area contributed by atoms with Gasteiger partial charge < -0.3 is 10.6 Å². The Morgan fingerprint density at radius 2 is 2.19 bits per heavy atom. The van der Waals surface area contributed by atoms with Gasteiger partial charge in [-0.1, -0.05) is 12.8 Å². The highest BCUT2D eigenvalue weighted by molar-refractivity contribution is 8.00. The van der Waals surface area contributed by atoms with E-state index in [9.17, 15) is 4.79 Å². The molecule has 2 rings (SSSR count). The quantitative estimate of drug-likeness (QED) is 0.818. The van der Waals surface area contributed by atoms with Gasteiger partial charge in [0.2, 0.25) is 5.91 Å². The van der Waals surface area contributed by atoms with E-state index in [1.807, 2.05) is 0 Å². The van der Waals surface area contributed by atoms with Crippen LogP contribution in [-0.2, 0) is 4.79 Å². The Morgan fingerprint density at radius 3 is 3.00 bits per heavy atom. The van der Waals surface area contributed by atoms with Crippen molar-refractivity contribution >= 4 is 17.7 Å². The molecule has 1 aliphatic heterocycles. The summed E-state index contributed by atoms with van der Waals surface area (Å²) in [6.07, 6.45) is 6.63. The molecule has 0 spiro atoms. The maximum absolute atomic E-state index is 12.1. The molecule has 0 aromatic rings. The third kappa shape index (κ3) is 2.72. The van der Waals surface area contributed by atoms with Crippen molar-refractivity contribution in [2.45, 2.75) is 49.8 Å². The summed E-state index contributed by atoms with van der Waals surface area (Å²) in [6, 6.07) is 0.526. The average molecular weight is 242 g/mol. The highest BCUT2D eigenvalue weighted by atomic mass is 32.2. The Labute approximate surface area is 102 Å². The first-order chi connectivity index (χ1) is 7.83. The molecule has 92 valence electrons. The molecule has 0 aromatic heterocycles. The van der Waals surface area contributed by atoms with E-state index in [0.717, 1.165) is 18.7 Å². The fourth-order valence-corrected chi connectivity index (χ4v) is 4.25. The maximum atomic E-state index is 12.1. The Hall–Kier alpha value is -0.220. The molecule has 0 aromatic carbocycles. The molecule has 3 nitrogen and oxygen atoms in total. The Kier molecular flexibility index (Phi) is 4.53. The average Bonchev–Trinajstić information content (AvgIpc) is 2.35. The summed E-state index contributed by atoms with van der Waals surface area (Å²) in [6.45, 7) is 1.58. The van der Waals surface area contributed by atoms with Gasteiger partial charge in [-0.05, 0) is 25.8 Å². The van der Waals surface area contributed by atoms with E-state index in [4.69, 9.17) is 5.73 Å². The molecule has 1 saturated carbocycles. The van der Waals surface area contributed by atoms with Gasteiger partial charge >= 0.3 is 0 Å². The lowest BCUT2D eigenvalue weighted by molar-refractivity contribution is -0.134. The van der Waals surface area contributed by atoms with Crippen LogP contribution in [-0.4, -0.2) is 40.9 Å². The van der Waals surface area contributed by atoms with Crippen LogP contribution in [0.1, 0.15) is 38.5 Å². The van der Waals surface area contributed by atoms with Crippen LogP contribution in [0.25, 0.3) is 0 Å². The van der Waals surface area contributed by atoms with Crippen molar-refractivity contribution in [1.29, 1.82) is 0 Å². The second-order valence-corrected chi connectivity index (χ2v) is 6.09. The third-order valence-corrected chi connectivity index (χ3v) is 5.04. The Morgan fingerprint density at radius 1 is 1.38 bits per heavy atom. The second-order valence-electron chi connectivity index (χ2n) is 4.74. The number of hydrogen-bond donors (Lipinski definition) is 1. The minimum Gasteiger partial charge on any atom is -0.338 e. The fourth-order valence-electron chi connectivity index (χ4n) is 2.80. The Bertz CT molecular complexity index is 245. The van der Waals surface area contributed by atoms with Crippen LogP contribution in [0, 0.1) is 0 Å². The maximum Gasteiger partial charge on any atom is 0.222 e. The zero-order valence-corrected chi connectivity index (χ0v) is 10.7. The summed E-state index contributed by atoms with van der Waals surface area (Å²) in [7, 11) is 0. The molecule has 1 amide bonds. The van der Waals surface area contributed by atoms with Crippen molar-refractivity contribution < 1.29 is 4.79 Å². The van der Waals surface area contributed by atoms with E-state index in [0.29, 0.717) is 30.2 Å². The molecule has 0 radical (unpaired) electrons. The molecule has 1 heterocycles. The molecule has 1 aliphatic carbocycles. The Balaban J connectivity index is 1.93. The summed E-state index contributed by atoms with van der Waals surface area (Å²) in [4.78, 5) is 14.2. The number of thioether (sulfide) groups is 1. The van der Waals surface area contributed by atoms with Gasteiger partial charge in [-0.25, -0.2) is 0 Å². The minimum absolute atomic E-state index is 0.336. The molecule has 0 bridgehead atoms. The van der Waals surface area contributed by atoms with Crippen molar-refractivity contribution in [2.75, 3.05) is 18.8 Å². The molecule has 2 unspecified atom stereocenters. The van der Waals surface area contributed by atoms with Gasteiger partial charge in [-0.15, -0.1) is 0 Å². The highest BCUT2D eigenvalue weighted by Crippen LogP contribution is 2.35. The lowest BCUT2D eigenvalue weighted by Gasteiger charge is -2.43. The first-order valence-corrected chi connectivity index (χ1v) is 7.49. The van der Waals surface area contributed by atoms with Crippen LogP contribution < -0.4 is 5.73 Å². The summed E-state index contributed by atoms with van der Waals surface area (Å²) >= 11 is 2.07. The first kappa shape index (κ1) is 12.2. The number of amides is 1. The lowest BCUT2D eigenvalue weighted by atomic mass is 9.93. The molecule has 2 N–H and O–H groups in total. The zero-order valence-electron chi connectivity index (χ0n) is 9.86. The predicted molar refractivity (Wildman–Crippen MR) is 68.5 cm³/mol. The largest absolute Gasteiger partial charge is 0.338 e. The summed E-state index contributed by atoms with van der Waals surface area (Å²) in [5.74, 6) is 1.46. The van der Waals surface area contributed by atoms with Gasteiger partial charge in [0.1, 0.15) is 0 Å². The number of nitrogens with zero attached hydrogens (tertiary/aromatic N) is 1. The summed E-state index contributed by atoms with van der Waals surface area (Å²) in [5.41, 5.74) is 5.46. The van der Waals surface area contributed by atoms with Gasteiger partial charge in [0.15, 0.2) is 0 Å². The molecule has 2 aliphatic rings. The van der Waals surface area contributed by atoms with Crippen molar-refractivity contribution in [3.8, 4) is 0 Å². The first-order valence-electron chi connectivity index (χ1n) is 6.44. The van der Waals surface area contributed by atoms with Crippen LogP contribution in [0.4, 0.5) is 0 Å². The molecular weight excluding hydrogens is 220 g/mol. The van der Waals surface area contributed by atoms with Gasteiger partial charge in [-0.3, -0.25) is 4.79 Å². The molecule has 1 saturated heterocycles. The van der Waals surface area contributed by atoms with Crippen LogP contribution in [0.5, 0.6) is 0 Å². The smallest absolute Gasteiger partial charge is 0.222 e. The molecule has 2 fully saturated rings. The van der Waals surface area contributed by atoms with E-state index in [-0.39, 0.29) is 0 Å². The number of rotatable bonds is 3. The van der Waals surface area contributed by atoms with Gasteiger partial charge in [-0.2, -0.15) is 11.8 Å². The normalized spacial score (nSPS) is 29.9. The summed E-state index contributed by atoms with van der Waals surface area (Å²) < 4.78 is 0. The monoisotopic (exact) mass is 242 g/mol.